The maximum Gasteiger partial charge on any atom is 0.240 e. The average Bonchev–Trinajstić information content (AvgIpc) is 2.45. The second-order valence-corrected chi connectivity index (χ2v) is 6.33. The zero-order valence-electron chi connectivity index (χ0n) is 11.6. The van der Waals surface area contributed by atoms with Crippen LogP contribution in [0.2, 0.25) is 0 Å². The lowest BCUT2D eigenvalue weighted by Gasteiger charge is -2.11. The first-order valence-corrected chi connectivity index (χ1v) is 7.59. The largest absolute Gasteiger partial charge is 0.452 e. The van der Waals surface area contributed by atoms with Crippen LogP contribution in [0.15, 0.2) is 41.3 Å². The number of rotatable bonds is 4. The van der Waals surface area contributed by atoms with Gasteiger partial charge in [-0.15, -0.1) is 0 Å². The molecule has 0 bridgehead atoms. The Labute approximate surface area is 122 Å². The van der Waals surface area contributed by atoms with Crippen LogP contribution in [0.3, 0.4) is 0 Å². The first-order chi connectivity index (χ1) is 9.83. The van der Waals surface area contributed by atoms with E-state index in [-0.39, 0.29) is 22.1 Å². The van der Waals surface area contributed by atoms with Crippen LogP contribution in [0.4, 0.5) is 10.1 Å². The number of nitrogens with two attached hydrogens (primary N) is 1. The van der Waals surface area contributed by atoms with E-state index in [1.54, 1.807) is 13.0 Å². The molecule has 3 N–H and O–H groups in total. The Bertz CT molecular complexity index is 776. The molecule has 21 heavy (non-hydrogen) atoms. The molecule has 7 heteroatoms. The van der Waals surface area contributed by atoms with Gasteiger partial charge < -0.3 is 10.5 Å². The van der Waals surface area contributed by atoms with Gasteiger partial charge in [0.25, 0.3) is 0 Å². The van der Waals surface area contributed by atoms with E-state index in [0.717, 1.165) is 5.56 Å². The van der Waals surface area contributed by atoms with Crippen LogP contribution in [-0.2, 0) is 10.0 Å². The van der Waals surface area contributed by atoms with Crippen molar-refractivity contribution in [3.63, 3.8) is 0 Å². The molecule has 2 aromatic carbocycles. The lowest BCUT2D eigenvalue weighted by atomic mass is 10.2. The maximum absolute atomic E-state index is 13.7. The van der Waals surface area contributed by atoms with E-state index in [1.165, 1.54) is 37.4 Å². The summed E-state index contributed by atoms with van der Waals surface area (Å²) in [6, 6.07) is 8.38. The third-order valence-electron chi connectivity index (χ3n) is 2.87. The normalized spacial score (nSPS) is 11.4. The van der Waals surface area contributed by atoms with Gasteiger partial charge in [0.15, 0.2) is 17.3 Å². The summed E-state index contributed by atoms with van der Waals surface area (Å²) in [5, 5.41) is 0. The molecule has 0 atom stereocenters. The molecule has 112 valence electrons. The number of hydrogen-bond donors (Lipinski definition) is 2. The minimum Gasteiger partial charge on any atom is -0.452 e. The molecule has 0 fully saturated rings. The van der Waals surface area contributed by atoms with Gasteiger partial charge in [-0.2, -0.15) is 0 Å². The molecule has 0 unspecified atom stereocenters. The van der Waals surface area contributed by atoms with E-state index in [4.69, 9.17) is 10.5 Å². The van der Waals surface area contributed by atoms with Gasteiger partial charge in [0.1, 0.15) is 0 Å². The van der Waals surface area contributed by atoms with Gasteiger partial charge >= 0.3 is 0 Å². The van der Waals surface area contributed by atoms with Crippen molar-refractivity contribution in [2.75, 3.05) is 12.8 Å². The first kappa shape index (κ1) is 15.3. The smallest absolute Gasteiger partial charge is 0.240 e. The maximum atomic E-state index is 13.7. The Morgan fingerprint density at radius 3 is 2.52 bits per heavy atom. The molecule has 2 rings (SSSR count). The highest BCUT2D eigenvalue weighted by atomic mass is 32.2. The van der Waals surface area contributed by atoms with Crippen LogP contribution in [-0.4, -0.2) is 15.5 Å². The zero-order valence-corrected chi connectivity index (χ0v) is 12.4. The SMILES string of the molecule is CNS(=O)(=O)c1ccc(N)c(Oc2cc(C)ccc2F)c1. The van der Waals surface area contributed by atoms with Gasteiger partial charge in [-0.05, 0) is 43.8 Å². The number of anilines is 1. The van der Waals surface area contributed by atoms with Gasteiger partial charge in [-0.25, -0.2) is 17.5 Å². The predicted octanol–water partition coefficient (Wildman–Crippen LogP) is 2.42. The quantitative estimate of drug-likeness (QED) is 0.850. The van der Waals surface area contributed by atoms with Gasteiger partial charge in [-0.1, -0.05) is 6.07 Å². The Morgan fingerprint density at radius 2 is 1.86 bits per heavy atom. The van der Waals surface area contributed by atoms with E-state index in [1.807, 2.05) is 0 Å². The lowest BCUT2D eigenvalue weighted by Crippen LogP contribution is -2.18. The summed E-state index contributed by atoms with van der Waals surface area (Å²) in [6.45, 7) is 1.79. The van der Waals surface area contributed by atoms with E-state index in [2.05, 4.69) is 4.72 Å². The van der Waals surface area contributed by atoms with Crippen molar-refractivity contribution in [3.05, 3.63) is 47.8 Å². The number of halogens is 1. The Balaban J connectivity index is 2.45. The molecule has 0 radical (unpaired) electrons. The third-order valence-corrected chi connectivity index (χ3v) is 4.28. The predicted molar refractivity (Wildman–Crippen MR) is 78.3 cm³/mol. The van der Waals surface area contributed by atoms with Crippen molar-refractivity contribution < 1.29 is 17.5 Å². The minimum absolute atomic E-state index is 0.0118. The van der Waals surface area contributed by atoms with Crippen LogP contribution in [0.5, 0.6) is 11.5 Å². The van der Waals surface area contributed by atoms with Gasteiger partial charge in [0.05, 0.1) is 10.6 Å². The number of nitrogens with one attached hydrogen (secondary N) is 1. The van der Waals surface area contributed by atoms with Gasteiger partial charge in [0.2, 0.25) is 10.0 Å². The molecular weight excluding hydrogens is 295 g/mol. The Hall–Kier alpha value is -2.12. The van der Waals surface area contributed by atoms with Crippen LogP contribution in [0, 0.1) is 12.7 Å². The second-order valence-electron chi connectivity index (χ2n) is 4.44. The third kappa shape index (κ3) is 3.32. The number of hydrogen-bond acceptors (Lipinski definition) is 4. The van der Waals surface area contributed by atoms with Crippen molar-refractivity contribution in [2.45, 2.75) is 11.8 Å². The first-order valence-electron chi connectivity index (χ1n) is 6.10. The highest BCUT2D eigenvalue weighted by Gasteiger charge is 2.15. The summed E-state index contributed by atoms with van der Waals surface area (Å²) < 4.78 is 44.8. The fourth-order valence-corrected chi connectivity index (χ4v) is 2.44. The lowest BCUT2D eigenvalue weighted by molar-refractivity contribution is 0.442. The van der Waals surface area contributed by atoms with Crippen molar-refractivity contribution in [2.24, 2.45) is 0 Å². The van der Waals surface area contributed by atoms with Gasteiger partial charge in [-0.3, -0.25) is 0 Å². The molecule has 2 aromatic rings. The zero-order chi connectivity index (χ0) is 15.6. The second kappa shape index (κ2) is 5.71. The molecule has 0 aliphatic rings. The average molecular weight is 310 g/mol. The molecular formula is C14H15FN2O3S. The molecule has 0 saturated carbocycles. The Kier molecular flexibility index (Phi) is 4.15. The molecule has 0 aromatic heterocycles. The monoisotopic (exact) mass is 310 g/mol. The van der Waals surface area contributed by atoms with Gasteiger partial charge in [0, 0.05) is 6.07 Å². The molecule has 5 nitrogen and oxygen atoms in total. The standard InChI is InChI=1S/C14H15FN2O3S/c1-9-3-5-11(15)13(7-9)20-14-8-10(4-6-12(14)16)21(18,19)17-2/h3-8,17H,16H2,1-2H3. The number of aryl methyl sites for hydroxylation is 1. The fourth-order valence-electron chi connectivity index (χ4n) is 1.70. The van der Waals surface area contributed by atoms with Crippen molar-refractivity contribution in [3.8, 4) is 11.5 Å². The summed E-state index contributed by atoms with van der Waals surface area (Å²) in [5.41, 5.74) is 6.77. The molecule has 0 heterocycles. The van der Waals surface area contributed by atoms with E-state index in [9.17, 15) is 12.8 Å². The van der Waals surface area contributed by atoms with E-state index >= 15 is 0 Å². The van der Waals surface area contributed by atoms with Crippen LogP contribution in [0.25, 0.3) is 0 Å². The highest BCUT2D eigenvalue weighted by Crippen LogP contribution is 2.31. The van der Waals surface area contributed by atoms with Crippen LogP contribution < -0.4 is 15.2 Å². The minimum atomic E-state index is -3.63. The summed E-state index contributed by atoms with van der Waals surface area (Å²) >= 11 is 0. The van der Waals surface area contributed by atoms with Crippen LogP contribution in [0.1, 0.15) is 5.56 Å². The molecule has 0 amide bonds. The number of ether oxygens (including phenoxy) is 1. The van der Waals surface area contributed by atoms with Crippen molar-refractivity contribution in [1.82, 2.24) is 4.72 Å². The van der Waals surface area contributed by atoms with Crippen molar-refractivity contribution >= 4 is 15.7 Å². The molecule has 0 aliphatic heterocycles. The highest BCUT2D eigenvalue weighted by molar-refractivity contribution is 7.89. The molecule has 0 spiro atoms. The Morgan fingerprint density at radius 1 is 1.14 bits per heavy atom. The summed E-state index contributed by atoms with van der Waals surface area (Å²) in [7, 11) is -2.33. The summed E-state index contributed by atoms with van der Waals surface area (Å²) in [6.07, 6.45) is 0. The number of nitrogen functional groups attached to an aromatic ring is 1. The van der Waals surface area contributed by atoms with E-state index < -0.39 is 15.8 Å². The molecule has 0 aliphatic carbocycles. The molecule has 0 saturated heterocycles. The van der Waals surface area contributed by atoms with Crippen molar-refractivity contribution in [1.29, 1.82) is 0 Å². The summed E-state index contributed by atoms with van der Waals surface area (Å²) in [4.78, 5) is -0.0118. The van der Waals surface area contributed by atoms with Crippen LogP contribution >= 0.6 is 0 Å². The fraction of sp³-hybridized carbons (Fsp3) is 0.143. The topological polar surface area (TPSA) is 81.4 Å². The number of benzene rings is 2. The van der Waals surface area contributed by atoms with E-state index in [0.29, 0.717) is 0 Å². The summed E-state index contributed by atoms with van der Waals surface area (Å²) in [5.74, 6) is -0.488. The number of sulfonamides is 1.